The van der Waals surface area contributed by atoms with Crippen LogP contribution in [0, 0.1) is 0 Å². The Morgan fingerprint density at radius 2 is 2.00 bits per heavy atom. The van der Waals surface area contributed by atoms with Crippen LogP contribution >= 0.6 is 0 Å². The van der Waals surface area contributed by atoms with E-state index in [1.165, 1.54) is 26.4 Å². The Labute approximate surface area is 105 Å². The number of phenolic OH excluding ortho intramolecular Hbond substituents is 1. The van der Waals surface area contributed by atoms with Gasteiger partial charge in [-0.2, -0.15) is 0 Å². The molecule has 0 radical (unpaired) electrons. The fraction of sp³-hybridized carbons (Fsp3) is 0.231. The van der Waals surface area contributed by atoms with E-state index in [-0.39, 0.29) is 23.7 Å². The Morgan fingerprint density at radius 3 is 2.61 bits per heavy atom. The summed E-state index contributed by atoms with van der Waals surface area (Å²) in [5.41, 5.74) is 0.759. The largest absolute Gasteiger partial charge is 0.507 e. The first-order chi connectivity index (χ1) is 8.58. The maximum Gasteiger partial charge on any atom is 0.341 e. The Bertz CT molecular complexity index is 476. The highest BCUT2D eigenvalue weighted by molar-refractivity contribution is 5.93. The molecule has 0 aliphatic heterocycles. The van der Waals surface area contributed by atoms with Crippen LogP contribution in [0.3, 0.4) is 0 Å². The average Bonchev–Trinajstić information content (AvgIpc) is 2.39. The lowest BCUT2D eigenvalue weighted by Gasteiger charge is -2.03. The van der Waals surface area contributed by atoms with E-state index in [1.807, 2.05) is 0 Å². The van der Waals surface area contributed by atoms with E-state index >= 15 is 0 Å². The van der Waals surface area contributed by atoms with E-state index in [4.69, 9.17) is 0 Å². The van der Waals surface area contributed by atoms with Crippen molar-refractivity contribution in [3.63, 3.8) is 0 Å². The summed E-state index contributed by atoms with van der Waals surface area (Å²) in [4.78, 5) is 22.2. The summed E-state index contributed by atoms with van der Waals surface area (Å²) >= 11 is 0. The van der Waals surface area contributed by atoms with Crippen molar-refractivity contribution in [1.29, 1.82) is 0 Å². The van der Waals surface area contributed by atoms with Gasteiger partial charge in [-0.15, -0.1) is 0 Å². The molecule has 0 bridgehead atoms. The third kappa shape index (κ3) is 3.62. The second-order valence-corrected chi connectivity index (χ2v) is 3.45. The minimum atomic E-state index is -0.615. The number of phenols is 1. The summed E-state index contributed by atoms with van der Waals surface area (Å²) in [5, 5.41) is 9.49. The van der Waals surface area contributed by atoms with Gasteiger partial charge in [-0.25, -0.2) is 4.79 Å². The molecule has 0 aromatic heterocycles. The SMILES string of the molecule is COC(=O)CC=Cc1ccc(O)c(C(=O)OC)c1. The van der Waals surface area contributed by atoms with Crippen LogP contribution in [0.2, 0.25) is 0 Å². The molecule has 0 unspecified atom stereocenters. The van der Waals surface area contributed by atoms with E-state index in [1.54, 1.807) is 18.2 Å². The van der Waals surface area contributed by atoms with Crippen LogP contribution in [0.4, 0.5) is 0 Å². The summed E-state index contributed by atoms with van der Waals surface area (Å²) in [7, 11) is 2.55. The van der Waals surface area contributed by atoms with Gasteiger partial charge in [0.1, 0.15) is 11.3 Å². The Hall–Kier alpha value is -2.30. The lowest BCUT2D eigenvalue weighted by atomic mass is 10.1. The van der Waals surface area contributed by atoms with Crippen LogP contribution in [0.1, 0.15) is 22.3 Å². The summed E-state index contributed by atoms with van der Waals surface area (Å²) in [5.74, 6) is -1.11. The first-order valence-electron chi connectivity index (χ1n) is 5.23. The van der Waals surface area contributed by atoms with Crippen molar-refractivity contribution >= 4 is 18.0 Å². The van der Waals surface area contributed by atoms with Crippen molar-refractivity contribution in [2.24, 2.45) is 0 Å². The highest BCUT2D eigenvalue weighted by Crippen LogP contribution is 2.20. The van der Waals surface area contributed by atoms with Gasteiger partial charge in [0.25, 0.3) is 0 Å². The van der Waals surface area contributed by atoms with Crippen LogP contribution in [-0.2, 0) is 14.3 Å². The van der Waals surface area contributed by atoms with Crippen molar-refractivity contribution < 1.29 is 24.2 Å². The number of methoxy groups -OCH3 is 2. The monoisotopic (exact) mass is 250 g/mol. The number of benzene rings is 1. The van der Waals surface area contributed by atoms with E-state index in [0.717, 1.165) is 0 Å². The Morgan fingerprint density at radius 1 is 1.28 bits per heavy atom. The van der Waals surface area contributed by atoms with E-state index in [0.29, 0.717) is 5.56 Å². The van der Waals surface area contributed by atoms with Crippen molar-refractivity contribution in [2.45, 2.75) is 6.42 Å². The molecule has 1 aromatic carbocycles. The standard InChI is InChI=1S/C13H14O5/c1-17-12(15)5-3-4-9-6-7-11(14)10(8-9)13(16)18-2/h3-4,6-8,14H,5H2,1-2H3. The molecule has 0 fully saturated rings. The molecule has 0 spiro atoms. The van der Waals surface area contributed by atoms with Crippen LogP contribution in [0.15, 0.2) is 24.3 Å². The zero-order valence-electron chi connectivity index (χ0n) is 10.2. The molecule has 18 heavy (non-hydrogen) atoms. The highest BCUT2D eigenvalue weighted by Gasteiger charge is 2.11. The van der Waals surface area contributed by atoms with Gasteiger partial charge in [-0.1, -0.05) is 18.2 Å². The van der Waals surface area contributed by atoms with Crippen LogP contribution < -0.4 is 0 Å². The maximum atomic E-state index is 11.3. The first-order valence-corrected chi connectivity index (χ1v) is 5.23. The number of hydrogen-bond donors (Lipinski definition) is 1. The van der Waals surface area contributed by atoms with Gasteiger partial charge < -0.3 is 14.6 Å². The number of hydrogen-bond acceptors (Lipinski definition) is 5. The van der Waals surface area contributed by atoms with Gasteiger partial charge in [-0.3, -0.25) is 4.79 Å². The predicted molar refractivity (Wildman–Crippen MR) is 65.1 cm³/mol. The molecule has 1 rings (SSSR count). The minimum Gasteiger partial charge on any atom is -0.507 e. The van der Waals surface area contributed by atoms with Gasteiger partial charge in [0.15, 0.2) is 0 Å². The molecule has 0 saturated carbocycles. The number of ether oxygens (including phenoxy) is 2. The zero-order valence-corrected chi connectivity index (χ0v) is 10.2. The molecule has 96 valence electrons. The Balaban J connectivity index is 2.85. The number of rotatable bonds is 4. The molecule has 0 saturated heterocycles. The van der Waals surface area contributed by atoms with Gasteiger partial charge in [0.2, 0.25) is 0 Å². The molecule has 0 aliphatic carbocycles. The average molecular weight is 250 g/mol. The molecule has 5 nitrogen and oxygen atoms in total. The lowest BCUT2D eigenvalue weighted by molar-refractivity contribution is -0.139. The number of carbonyl (C=O) groups is 2. The zero-order chi connectivity index (χ0) is 13.5. The minimum absolute atomic E-state index is 0.0812. The molecule has 0 aliphatic rings. The first kappa shape index (κ1) is 13.8. The molecule has 0 heterocycles. The summed E-state index contributed by atoms with van der Waals surface area (Å²) in [6.07, 6.45) is 3.41. The van der Waals surface area contributed by atoms with Crippen LogP contribution in [0.5, 0.6) is 5.75 Å². The van der Waals surface area contributed by atoms with Crippen molar-refractivity contribution in [1.82, 2.24) is 0 Å². The fourth-order valence-corrected chi connectivity index (χ4v) is 1.31. The summed E-state index contributed by atoms with van der Waals surface area (Å²) in [6.45, 7) is 0. The van der Waals surface area contributed by atoms with Crippen LogP contribution in [0.25, 0.3) is 6.08 Å². The van der Waals surface area contributed by atoms with E-state index < -0.39 is 5.97 Å². The number of esters is 2. The highest BCUT2D eigenvalue weighted by atomic mass is 16.5. The van der Waals surface area contributed by atoms with Gasteiger partial charge >= 0.3 is 11.9 Å². The summed E-state index contributed by atoms with van der Waals surface area (Å²) in [6, 6.07) is 4.49. The predicted octanol–water partition coefficient (Wildman–Crippen LogP) is 1.76. The quantitative estimate of drug-likeness (QED) is 0.824. The van der Waals surface area contributed by atoms with E-state index in [2.05, 4.69) is 9.47 Å². The third-order valence-corrected chi connectivity index (χ3v) is 2.25. The number of aromatic hydroxyl groups is 1. The molecule has 0 amide bonds. The maximum absolute atomic E-state index is 11.3. The molecule has 0 atom stereocenters. The smallest absolute Gasteiger partial charge is 0.341 e. The lowest BCUT2D eigenvalue weighted by Crippen LogP contribution is -2.01. The van der Waals surface area contributed by atoms with Crippen molar-refractivity contribution in [3.05, 3.63) is 35.4 Å². The Kier molecular flexibility index (Phi) is 4.92. The molecule has 1 N–H and O–H groups in total. The van der Waals surface area contributed by atoms with Crippen molar-refractivity contribution in [2.75, 3.05) is 14.2 Å². The third-order valence-electron chi connectivity index (χ3n) is 2.25. The van der Waals surface area contributed by atoms with E-state index in [9.17, 15) is 14.7 Å². The van der Waals surface area contributed by atoms with Gasteiger partial charge in [0, 0.05) is 0 Å². The molecule has 1 aromatic rings. The molecular formula is C13H14O5. The van der Waals surface area contributed by atoms with Gasteiger partial charge in [0.05, 0.1) is 20.6 Å². The van der Waals surface area contributed by atoms with Crippen LogP contribution in [-0.4, -0.2) is 31.3 Å². The van der Waals surface area contributed by atoms with Crippen molar-refractivity contribution in [3.8, 4) is 5.75 Å². The topological polar surface area (TPSA) is 72.8 Å². The second kappa shape index (κ2) is 6.44. The molecule has 5 heteroatoms. The fourth-order valence-electron chi connectivity index (χ4n) is 1.31. The number of carbonyl (C=O) groups excluding carboxylic acids is 2. The normalized spacial score (nSPS) is 10.3. The molecular weight excluding hydrogens is 236 g/mol. The van der Waals surface area contributed by atoms with Gasteiger partial charge in [-0.05, 0) is 17.7 Å². The summed E-state index contributed by atoms with van der Waals surface area (Å²) < 4.78 is 9.02. The second-order valence-electron chi connectivity index (χ2n) is 3.45.